The molecule has 0 spiro atoms. The van der Waals surface area contributed by atoms with Crippen LogP contribution in [0, 0.1) is 0 Å². The van der Waals surface area contributed by atoms with Gasteiger partial charge in [0, 0.05) is 28.9 Å². The third kappa shape index (κ3) is 4.96. The van der Waals surface area contributed by atoms with Crippen molar-refractivity contribution in [1.29, 1.82) is 0 Å². The Bertz CT molecular complexity index is 385. The van der Waals surface area contributed by atoms with Crippen LogP contribution in [0.5, 0.6) is 0 Å². The van der Waals surface area contributed by atoms with E-state index in [4.69, 9.17) is 0 Å². The molecule has 0 radical (unpaired) electrons. The Hall–Kier alpha value is -0.590. The van der Waals surface area contributed by atoms with E-state index in [1.807, 2.05) is 12.1 Å². The summed E-state index contributed by atoms with van der Waals surface area (Å²) in [7, 11) is 1.50. The van der Waals surface area contributed by atoms with E-state index in [2.05, 4.69) is 5.32 Å². The number of halogens is 3. The normalized spacial score (nSPS) is 16.5. The quantitative estimate of drug-likeness (QED) is 0.860. The third-order valence-corrected chi connectivity index (χ3v) is 3.80. The first-order valence-electron chi connectivity index (χ1n) is 5.98. The first kappa shape index (κ1) is 13.8. The molecule has 2 rings (SSSR count). The van der Waals surface area contributed by atoms with E-state index < -0.39 is 12.7 Å². The summed E-state index contributed by atoms with van der Waals surface area (Å²) in [5, 5.41) is 3.39. The fourth-order valence-corrected chi connectivity index (χ4v) is 2.81. The van der Waals surface area contributed by atoms with Gasteiger partial charge in [-0.3, -0.25) is 4.90 Å². The van der Waals surface area contributed by atoms with Gasteiger partial charge in [-0.1, -0.05) is 0 Å². The summed E-state index contributed by atoms with van der Waals surface area (Å²) in [5.74, 6) is 0. The molecule has 0 saturated heterocycles. The fourth-order valence-electron chi connectivity index (χ4n) is 1.76. The summed E-state index contributed by atoms with van der Waals surface area (Å²) in [6, 6.07) is 4.57. The van der Waals surface area contributed by atoms with E-state index in [-0.39, 0.29) is 0 Å². The Morgan fingerprint density at radius 2 is 2.00 bits per heavy atom. The second-order valence-corrected chi connectivity index (χ2v) is 6.06. The lowest BCUT2D eigenvalue weighted by Crippen LogP contribution is -2.30. The molecule has 0 atom stereocenters. The number of nitrogens with zero attached hydrogens (tertiary/aromatic N) is 1. The molecule has 0 amide bonds. The molecule has 0 aromatic carbocycles. The van der Waals surface area contributed by atoms with Crippen molar-refractivity contribution in [2.75, 3.05) is 13.6 Å². The van der Waals surface area contributed by atoms with Crippen molar-refractivity contribution in [2.45, 2.75) is 38.1 Å². The van der Waals surface area contributed by atoms with Crippen LogP contribution in [0.4, 0.5) is 13.2 Å². The highest BCUT2D eigenvalue weighted by molar-refractivity contribution is 7.11. The van der Waals surface area contributed by atoms with Crippen molar-refractivity contribution in [3.63, 3.8) is 0 Å². The van der Waals surface area contributed by atoms with Gasteiger partial charge in [-0.25, -0.2) is 0 Å². The standard InChI is InChI=1S/C12H17F3N2S/c1-17(8-12(13,14)15)7-11-5-4-10(18-11)6-16-9-2-3-9/h4-5,9,16H,2-3,6-8H2,1H3. The molecule has 2 nitrogen and oxygen atoms in total. The van der Waals surface area contributed by atoms with E-state index in [1.54, 1.807) is 11.3 Å². The number of hydrogen-bond acceptors (Lipinski definition) is 3. The molecule has 1 aromatic rings. The third-order valence-electron chi connectivity index (χ3n) is 2.73. The molecule has 1 aromatic heterocycles. The molecule has 1 aliphatic carbocycles. The molecule has 1 fully saturated rings. The van der Waals surface area contributed by atoms with Gasteiger partial charge in [0.25, 0.3) is 0 Å². The van der Waals surface area contributed by atoms with Crippen LogP contribution in [-0.2, 0) is 13.1 Å². The number of thiophene rings is 1. The van der Waals surface area contributed by atoms with Gasteiger partial charge in [-0.05, 0) is 32.0 Å². The van der Waals surface area contributed by atoms with E-state index >= 15 is 0 Å². The van der Waals surface area contributed by atoms with Gasteiger partial charge in [-0.2, -0.15) is 13.2 Å². The molecule has 0 unspecified atom stereocenters. The van der Waals surface area contributed by atoms with Crippen LogP contribution in [0.25, 0.3) is 0 Å². The molecule has 1 aliphatic rings. The van der Waals surface area contributed by atoms with E-state index in [0.717, 1.165) is 11.4 Å². The smallest absolute Gasteiger partial charge is 0.309 e. The second kappa shape index (κ2) is 5.59. The number of alkyl halides is 3. The predicted octanol–water partition coefficient (Wildman–Crippen LogP) is 2.99. The first-order valence-corrected chi connectivity index (χ1v) is 6.80. The Balaban J connectivity index is 1.77. The molecule has 6 heteroatoms. The molecule has 102 valence electrons. The van der Waals surface area contributed by atoms with E-state index in [9.17, 15) is 13.2 Å². The van der Waals surface area contributed by atoms with Crippen LogP contribution < -0.4 is 5.32 Å². The van der Waals surface area contributed by atoms with Gasteiger partial charge in [0.1, 0.15) is 0 Å². The van der Waals surface area contributed by atoms with Crippen molar-refractivity contribution >= 4 is 11.3 Å². The van der Waals surface area contributed by atoms with Crippen molar-refractivity contribution < 1.29 is 13.2 Å². The lowest BCUT2D eigenvalue weighted by atomic mass is 10.4. The molecule has 0 aliphatic heterocycles. The predicted molar refractivity (Wildman–Crippen MR) is 66.6 cm³/mol. The Morgan fingerprint density at radius 1 is 1.33 bits per heavy atom. The van der Waals surface area contributed by atoms with Gasteiger partial charge < -0.3 is 5.32 Å². The molecule has 1 N–H and O–H groups in total. The lowest BCUT2D eigenvalue weighted by molar-refractivity contribution is -0.143. The van der Waals surface area contributed by atoms with Crippen molar-refractivity contribution in [3.05, 3.63) is 21.9 Å². The molecule has 0 bridgehead atoms. The first-order chi connectivity index (χ1) is 8.42. The fraction of sp³-hybridized carbons (Fsp3) is 0.667. The summed E-state index contributed by atoms with van der Waals surface area (Å²) >= 11 is 1.59. The van der Waals surface area contributed by atoms with Gasteiger partial charge in [0.05, 0.1) is 6.54 Å². The zero-order valence-corrected chi connectivity index (χ0v) is 11.1. The van der Waals surface area contributed by atoms with E-state index in [0.29, 0.717) is 12.6 Å². The summed E-state index contributed by atoms with van der Waals surface area (Å²) in [6.45, 7) is 0.326. The topological polar surface area (TPSA) is 15.3 Å². The Morgan fingerprint density at radius 3 is 2.61 bits per heavy atom. The van der Waals surface area contributed by atoms with Crippen LogP contribution in [0.2, 0.25) is 0 Å². The number of rotatable bonds is 6. The van der Waals surface area contributed by atoms with Crippen molar-refractivity contribution in [3.8, 4) is 0 Å². The average molecular weight is 278 g/mol. The minimum Gasteiger partial charge on any atom is -0.309 e. The Kier molecular flexibility index (Phi) is 4.29. The molecule has 1 saturated carbocycles. The zero-order chi connectivity index (χ0) is 13.2. The van der Waals surface area contributed by atoms with Gasteiger partial charge in [0.2, 0.25) is 0 Å². The Labute approximate surface area is 109 Å². The maximum atomic E-state index is 12.2. The van der Waals surface area contributed by atoms with E-state index in [1.165, 1.54) is 29.7 Å². The van der Waals surface area contributed by atoms with Gasteiger partial charge in [0.15, 0.2) is 0 Å². The van der Waals surface area contributed by atoms with Crippen LogP contribution in [-0.4, -0.2) is 30.7 Å². The van der Waals surface area contributed by atoms with Crippen molar-refractivity contribution in [1.82, 2.24) is 10.2 Å². The lowest BCUT2D eigenvalue weighted by Gasteiger charge is -2.17. The monoisotopic (exact) mass is 278 g/mol. The maximum absolute atomic E-state index is 12.2. The van der Waals surface area contributed by atoms with Crippen molar-refractivity contribution in [2.24, 2.45) is 0 Å². The van der Waals surface area contributed by atoms with Crippen LogP contribution >= 0.6 is 11.3 Å². The van der Waals surface area contributed by atoms with Gasteiger partial charge >= 0.3 is 6.18 Å². The largest absolute Gasteiger partial charge is 0.401 e. The van der Waals surface area contributed by atoms with Gasteiger partial charge in [-0.15, -0.1) is 11.3 Å². The summed E-state index contributed by atoms with van der Waals surface area (Å²) in [6.07, 6.45) is -1.64. The summed E-state index contributed by atoms with van der Waals surface area (Å²) in [4.78, 5) is 3.47. The molecular formula is C12H17F3N2S. The highest BCUT2D eigenvalue weighted by Crippen LogP contribution is 2.23. The highest BCUT2D eigenvalue weighted by Gasteiger charge is 2.29. The maximum Gasteiger partial charge on any atom is 0.401 e. The zero-order valence-electron chi connectivity index (χ0n) is 10.3. The SMILES string of the molecule is CN(Cc1ccc(CNC2CC2)s1)CC(F)(F)F. The summed E-state index contributed by atoms with van der Waals surface area (Å²) < 4.78 is 36.5. The second-order valence-electron chi connectivity index (χ2n) is 4.81. The molecule has 18 heavy (non-hydrogen) atoms. The number of hydrogen-bond donors (Lipinski definition) is 1. The minimum atomic E-state index is -4.12. The molecular weight excluding hydrogens is 261 g/mol. The van der Waals surface area contributed by atoms with Crippen LogP contribution in [0.1, 0.15) is 22.6 Å². The summed E-state index contributed by atoms with van der Waals surface area (Å²) in [5.41, 5.74) is 0. The molecule has 1 heterocycles. The highest BCUT2D eigenvalue weighted by atomic mass is 32.1. The minimum absolute atomic E-state index is 0.355. The van der Waals surface area contributed by atoms with Crippen LogP contribution in [0.15, 0.2) is 12.1 Å². The number of nitrogens with one attached hydrogen (secondary N) is 1. The van der Waals surface area contributed by atoms with Crippen LogP contribution in [0.3, 0.4) is 0 Å². The average Bonchev–Trinajstić information content (AvgIpc) is 2.94.